The summed E-state index contributed by atoms with van der Waals surface area (Å²) in [6.07, 6.45) is -5.06. The number of hydrazone groups is 1. The van der Waals surface area contributed by atoms with Crippen LogP contribution in [-0.4, -0.2) is 335 Å². The molecule has 3 aliphatic rings. The Morgan fingerprint density at radius 2 is 1.02 bits per heavy atom. The van der Waals surface area contributed by atoms with Crippen LogP contribution in [0.15, 0.2) is 28.2 Å². The van der Waals surface area contributed by atoms with E-state index in [1.54, 1.807) is 6.20 Å². The third-order valence-electron chi connectivity index (χ3n) is 14.8. The lowest BCUT2D eigenvalue weighted by molar-refractivity contribution is -0.171. The van der Waals surface area contributed by atoms with Crippen molar-refractivity contribution in [2.45, 2.75) is 124 Å². The standard InChI is InChI=1S/C55H101N13O24/c56-55(4-1-46(72)59-7-10-81-13-16-84-19-22-87-31-37(64-57)25-62-40-34-90-43(28-69)52(78)49(40)75,5-2-47(73)60-8-11-82-14-17-85-20-23-88-32-38(65-58)26-63-41-35-91-44(29-70)53(79)50(41)76)6-3-48(74)61-9-12-83-15-18-86-21-24-89-33-39-27-68(67-66-39)42-36-92-45(30-71)54(80)51(42)77/h25-27,40-45,49-54,62,64,69-71,75-80H,1-24,28-36,56-58H2,(H,59,72)(H,60,73)(H,61,74)/b37-25-,63-26?,65-38+/t40-,41-,42-,43+,44+,45+,49+,50+,51+,52-,53-,54-,55?/m0/s1. The van der Waals surface area contributed by atoms with Crippen LogP contribution in [0.25, 0.3) is 0 Å². The molecule has 3 saturated heterocycles. The maximum Gasteiger partial charge on any atom is 0.220 e. The van der Waals surface area contributed by atoms with Gasteiger partial charge in [-0.2, -0.15) is 5.10 Å². The molecule has 37 nitrogen and oxygen atoms in total. The van der Waals surface area contributed by atoms with Crippen LogP contribution in [0.2, 0.25) is 0 Å². The van der Waals surface area contributed by atoms with Crippen LogP contribution in [0.5, 0.6) is 0 Å². The summed E-state index contributed by atoms with van der Waals surface area (Å²) in [6.45, 7) is 3.24. The van der Waals surface area contributed by atoms with Crippen molar-refractivity contribution in [3.63, 3.8) is 0 Å². The number of nitrogens with one attached hydrogen (secondary N) is 5. The van der Waals surface area contributed by atoms with E-state index in [1.165, 1.54) is 17.1 Å². The summed E-state index contributed by atoms with van der Waals surface area (Å²) >= 11 is 0. The SMILES string of the molecule is N/N=C(\C=N[C@H]1CO[C@H](CO)[C@H](O)[C@@H]1O)COCCOCCOCCNC(=O)CCC(N)(CCC(=O)NCCOCCOCCOC/C(=C/N[C@H]1CO[C@H](CO)[C@H](O)[C@@H]1O)NN)CCC(=O)NCCOCCOCCOCc1cn([C@H]2CO[C@H](CO)[C@H](O)[C@@H]2O)nn1. The zero-order chi connectivity index (χ0) is 66.8. The molecule has 4 rings (SSSR count). The number of nitrogens with two attached hydrogens (primary N) is 3. The summed E-state index contributed by atoms with van der Waals surface area (Å²) < 4.78 is 67.5. The van der Waals surface area contributed by atoms with Crippen molar-refractivity contribution in [3.05, 3.63) is 23.8 Å². The van der Waals surface area contributed by atoms with Gasteiger partial charge < -0.3 is 141 Å². The van der Waals surface area contributed by atoms with Crippen molar-refractivity contribution in [1.82, 2.24) is 41.7 Å². The van der Waals surface area contributed by atoms with Crippen molar-refractivity contribution in [1.29, 1.82) is 0 Å². The van der Waals surface area contributed by atoms with Crippen LogP contribution in [0.3, 0.4) is 0 Å². The lowest BCUT2D eigenvalue weighted by Crippen LogP contribution is -2.58. The number of aliphatic imine (C=N–C) groups is 1. The van der Waals surface area contributed by atoms with E-state index in [1.807, 2.05) is 0 Å². The highest BCUT2D eigenvalue weighted by atomic mass is 16.6. The number of rotatable bonds is 51. The first kappa shape index (κ1) is 79.5. The van der Waals surface area contributed by atoms with E-state index >= 15 is 0 Å². The van der Waals surface area contributed by atoms with E-state index in [0.717, 1.165) is 0 Å². The fraction of sp³-hybridized carbons (Fsp3) is 0.836. The van der Waals surface area contributed by atoms with Gasteiger partial charge in [-0.25, -0.2) is 4.68 Å². The molecule has 0 bridgehead atoms. The summed E-state index contributed by atoms with van der Waals surface area (Å²) in [5.74, 6) is 10.1. The third kappa shape index (κ3) is 31.1. The van der Waals surface area contributed by atoms with Crippen LogP contribution in [-0.2, 0) is 77.8 Å². The molecule has 0 aromatic carbocycles. The normalized spacial score (nSPS) is 25.4. The Labute approximate surface area is 533 Å². The molecule has 3 aliphatic heterocycles. The number of hydrazine groups is 1. The highest BCUT2D eigenvalue weighted by Gasteiger charge is 2.41. The number of carbonyl (C=O) groups excluding carboxylic acids is 3. The number of ether oxygens (including phenoxy) is 12. The minimum absolute atomic E-state index is 0.00472. The third-order valence-corrected chi connectivity index (χ3v) is 14.8. The fourth-order valence-corrected chi connectivity index (χ4v) is 9.14. The number of hydrogen-bond acceptors (Lipinski definition) is 33. The first-order valence-electron chi connectivity index (χ1n) is 30.7. The van der Waals surface area contributed by atoms with Gasteiger partial charge in [0.1, 0.15) is 78.4 Å². The molecule has 3 amide bonds. The predicted octanol–water partition coefficient (Wildman–Crippen LogP) is -8.79. The maximum absolute atomic E-state index is 12.9. The first-order valence-corrected chi connectivity index (χ1v) is 30.7. The van der Waals surface area contributed by atoms with E-state index in [9.17, 15) is 60.3 Å². The second-order valence-corrected chi connectivity index (χ2v) is 21.7. The average molecular weight is 1330 g/mol. The zero-order valence-corrected chi connectivity index (χ0v) is 52.1. The summed E-state index contributed by atoms with van der Waals surface area (Å²) in [4.78, 5) is 43.0. The second kappa shape index (κ2) is 47.1. The monoisotopic (exact) mass is 1330 g/mol. The lowest BCUT2D eigenvalue weighted by Gasteiger charge is -2.37. The summed E-state index contributed by atoms with van der Waals surface area (Å²) in [6, 6.07) is -2.09. The van der Waals surface area contributed by atoms with E-state index in [-0.39, 0.29) is 220 Å². The molecule has 0 radical (unpaired) electrons. The smallest absolute Gasteiger partial charge is 0.220 e. The average Bonchev–Trinajstić information content (AvgIpc) is 2.07. The Kier molecular flexibility index (Phi) is 40.7. The Bertz CT molecular complexity index is 2250. The summed E-state index contributed by atoms with van der Waals surface area (Å²) in [5.41, 5.74) is 9.49. The highest BCUT2D eigenvalue weighted by Crippen LogP contribution is 2.25. The molecular weight excluding hydrogens is 1230 g/mol. The Balaban J connectivity index is 1.07. The van der Waals surface area contributed by atoms with Crippen LogP contribution in [0.4, 0.5) is 0 Å². The predicted molar refractivity (Wildman–Crippen MR) is 322 cm³/mol. The molecule has 1 aromatic rings. The molecule has 0 saturated carbocycles. The van der Waals surface area contributed by atoms with Gasteiger partial charge in [0, 0.05) is 56.9 Å². The highest BCUT2D eigenvalue weighted by molar-refractivity contribution is 6.31. The molecule has 4 heterocycles. The van der Waals surface area contributed by atoms with Gasteiger partial charge in [-0.15, -0.1) is 5.10 Å². The second-order valence-electron chi connectivity index (χ2n) is 21.7. The number of aliphatic hydroxyl groups excluding tert-OH is 9. The van der Waals surface area contributed by atoms with Gasteiger partial charge in [-0.3, -0.25) is 25.2 Å². The maximum atomic E-state index is 12.9. The van der Waals surface area contributed by atoms with E-state index in [2.05, 4.69) is 47.1 Å². The largest absolute Gasteiger partial charge is 0.394 e. The Hall–Kier alpha value is -4.89. The van der Waals surface area contributed by atoms with Crippen LogP contribution in [0, 0.1) is 0 Å². The number of aromatic nitrogens is 3. The zero-order valence-electron chi connectivity index (χ0n) is 52.1. The molecule has 530 valence electrons. The molecule has 0 aliphatic carbocycles. The quantitative estimate of drug-likeness (QED) is 0.0125. The number of carbonyl (C=O) groups is 3. The van der Waals surface area contributed by atoms with Crippen molar-refractivity contribution < 1.29 is 117 Å². The number of aliphatic hydroxyl groups is 9. The molecule has 37 heteroatoms. The molecule has 92 heavy (non-hydrogen) atoms. The van der Waals surface area contributed by atoms with E-state index in [0.29, 0.717) is 11.4 Å². The van der Waals surface area contributed by atoms with E-state index < -0.39 is 98.4 Å². The van der Waals surface area contributed by atoms with Gasteiger partial charge in [-0.05, 0) is 19.3 Å². The van der Waals surface area contributed by atoms with Crippen LogP contribution >= 0.6 is 0 Å². The Morgan fingerprint density at radius 1 is 0.587 bits per heavy atom. The van der Waals surface area contributed by atoms with Crippen molar-refractivity contribution in [2.75, 3.05) is 172 Å². The number of hydrogen-bond donors (Lipinski definition) is 17. The Morgan fingerprint density at radius 3 is 1.51 bits per heavy atom. The van der Waals surface area contributed by atoms with Gasteiger partial charge >= 0.3 is 0 Å². The van der Waals surface area contributed by atoms with Gasteiger partial charge in [0.2, 0.25) is 17.7 Å². The van der Waals surface area contributed by atoms with Crippen LogP contribution in [0.1, 0.15) is 50.3 Å². The molecule has 3 fully saturated rings. The van der Waals surface area contributed by atoms with Gasteiger partial charge in [0.25, 0.3) is 0 Å². The summed E-state index contributed by atoms with van der Waals surface area (Å²) in [7, 11) is 0. The fourth-order valence-electron chi connectivity index (χ4n) is 9.14. The first-order chi connectivity index (χ1) is 44.6. The van der Waals surface area contributed by atoms with E-state index in [4.69, 9.17) is 74.3 Å². The van der Waals surface area contributed by atoms with Gasteiger partial charge in [0.05, 0.1) is 177 Å². The van der Waals surface area contributed by atoms with Crippen molar-refractivity contribution >= 4 is 29.6 Å². The van der Waals surface area contributed by atoms with Crippen LogP contribution < -0.4 is 44.1 Å². The molecule has 13 atom stereocenters. The molecule has 20 N–H and O–H groups in total. The number of amides is 3. The number of nitrogens with zero attached hydrogens (tertiary/aromatic N) is 5. The molecule has 1 aromatic heterocycles. The van der Waals surface area contributed by atoms with Gasteiger partial charge in [-0.1, -0.05) is 5.21 Å². The lowest BCUT2D eigenvalue weighted by atomic mass is 9.84. The van der Waals surface area contributed by atoms with Crippen molar-refractivity contribution in [2.24, 2.45) is 27.5 Å². The minimum atomic E-state index is -1.30. The van der Waals surface area contributed by atoms with Crippen molar-refractivity contribution in [3.8, 4) is 0 Å². The van der Waals surface area contributed by atoms with Gasteiger partial charge in [0.15, 0.2) is 0 Å². The topological polar surface area (TPSA) is 538 Å². The minimum Gasteiger partial charge on any atom is -0.394 e. The molecular formula is C55H101N13O24. The molecule has 0 spiro atoms. The molecule has 1 unspecified atom stereocenters. The summed E-state index contributed by atoms with van der Waals surface area (Å²) in [5, 5.41) is 112.